The molecule has 1 aliphatic heterocycles. The van der Waals surface area contributed by atoms with Crippen LogP contribution in [-0.4, -0.2) is 26.6 Å². The Labute approximate surface area is 122 Å². The summed E-state index contributed by atoms with van der Waals surface area (Å²) in [7, 11) is -3.70. The first kappa shape index (κ1) is 15.3. The number of carbonyl (C=O) groups is 1. The van der Waals surface area contributed by atoms with Crippen LogP contribution in [0.5, 0.6) is 0 Å². The minimum Gasteiger partial charge on any atom is -0.309 e. The highest BCUT2D eigenvalue weighted by Crippen LogP contribution is 2.31. The van der Waals surface area contributed by atoms with E-state index in [2.05, 4.69) is 15.9 Å². The highest BCUT2D eigenvalue weighted by atomic mass is 79.9. The summed E-state index contributed by atoms with van der Waals surface area (Å²) in [5.74, 6) is -2.93. The predicted octanol–water partition coefficient (Wildman–Crippen LogP) is 1.37. The van der Waals surface area contributed by atoms with Crippen LogP contribution in [0, 0.1) is 17.6 Å². The summed E-state index contributed by atoms with van der Waals surface area (Å²) < 4.78 is 48.9. The van der Waals surface area contributed by atoms with E-state index in [1.807, 2.05) is 0 Å². The van der Waals surface area contributed by atoms with Crippen LogP contribution in [0.15, 0.2) is 16.6 Å². The molecule has 0 aromatic heterocycles. The SMILES string of the molecule is NS(=O)(=O)CC1CC(=O)N(c2cc(Br)c(F)cc2F)C1. The van der Waals surface area contributed by atoms with E-state index in [9.17, 15) is 22.0 Å². The molecule has 20 heavy (non-hydrogen) atoms. The Morgan fingerprint density at radius 2 is 2.00 bits per heavy atom. The second-order valence-corrected chi connectivity index (χ2v) is 7.14. The van der Waals surface area contributed by atoms with Crippen LogP contribution in [0.1, 0.15) is 6.42 Å². The topological polar surface area (TPSA) is 80.5 Å². The second kappa shape index (κ2) is 5.38. The molecule has 9 heteroatoms. The monoisotopic (exact) mass is 368 g/mol. The predicted molar refractivity (Wildman–Crippen MR) is 72.5 cm³/mol. The fourth-order valence-electron chi connectivity index (χ4n) is 2.17. The van der Waals surface area contributed by atoms with E-state index in [1.54, 1.807) is 0 Å². The highest BCUT2D eigenvalue weighted by molar-refractivity contribution is 9.10. The number of rotatable bonds is 3. The van der Waals surface area contributed by atoms with Gasteiger partial charge in [-0.05, 0) is 22.0 Å². The summed E-state index contributed by atoms with van der Waals surface area (Å²) >= 11 is 2.92. The number of hydrogen-bond donors (Lipinski definition) is 1. The number of hydrogen-bond acceptors (Lipinski definition) is 3. The Morgan fingerprint density at radius 3 is 2.60 bits per heavy atom. The third-order valence-electron chi connectivity index (χ3n) is 2.95. The molecule has 0 bridgehead atoms. The van der Waals surface area contributed by atoms with Gasteiger partial charge in [0, 0.05) is 24.9 Å². The van der Waals surface area contributed by atoms with Gasteiger partial charge in [-0.25, -0.2) is 22.3 Å². The smallest absolute Gasteiger partial charge is 0.227 e. The van der Waals surface area contributed by atoms with Gasteiger partial charge in [-0.3, -0.25) is 4.79 Å². The van der Waals surface area contributed by atoms with Crippen molar-refractivity contribution in [1.82, 2.24) is 0 Å². The molecule has 1 unspecified atom stereocenters. The Kier molecular flexibility index (Phi) is 4.12. The van der Waals surface area contributed by atoms with Crippen molar-refractivity contribution >= 4 is 37.5 Å². The van der Waals surface area contributed by atoms with E-state index in [-0.39, 0.29) is 28.9 Å². The molecule has 0 aliphatic carbocycles. The van der Waals surface area contributed by atoms with Gasteiger partial charge in [0.05, 0.1) is 15.9 Å². The number of benzene rings is 1. The van der Waals surface area contributed by atoms with E-state index in [4.69, 9.17) is 5.14 Å². The summed E-state index contributed by atoms with van der Waals surface area (Å²) in [5.41, 5.74) is -0.0832. The van der Waals surface area contributed by atoms with Crippen molar-refractivity contribution in [2.45, 2.75) is 6.42 Å². The number of primary sulfonamides is 1. The average molecular weight is 369 g/mol. The Morgan fingerprint density at radius 1 is 1.35 bits per heavy atom. The molecule has 1 saturated heterocycles. The lowest BCUT2D eigenvalue weighted by Gasteiger charge is -2.18. The van der Waals surface area contributed by atoms with Gasteiger partial charge in [0.25, 0.3) is 0 Å². The molecule has 5 nitrogen and oxygen atoms in total. The quantitative estimate of drug-likeness (QED) is 0.818. The van der Waals surface area contributed by atoms with Crippen LogP contribution in [0.25, 0.3) is 0 Å². The lowest BCUT2D eigenvalue weighted by atomic mass is 10.1. The molecule has 1 atom stereocenters. The summed E-state index contributed by atoms with van der Waals surface area (Å²) in [6.45, 7) is 0.0320. The van der Waals surface area contributed by atoms with Crippen molar-refractivity contribution in [2.75, 3.05) is 17.2 Å². The van der Waals surface area contributed by atoms with Gasteiger partial charge in [-0.2, -0.15) is 0 Å². The molecule has 1 aromatic rings. The minimum absolute atomic E-state index is 0.0246. The van der Waals surface area contributed by atoms with E-state index < -0.39 is 33.5 Å². The van der Waals surface area contributed by atoms with Crippen LogP contribution < -0.4 is 10.0 Å². The molecule has 110 valence electrons. The van der Waals surface area contributed by atoms with Crippen molar-refractivity contribution in [3.05, 3.63) is 28.2 Å². The van der Waals surface area contributed by atoms with Crippen molar-refractivity contribution in [2.24, 2.45) is 11.1 Å². The maximum atomic E-state index is 13.7. The first-order valence-electron chi connectivity index (χ1n) is 5.63. The maximum absolute atomic E-state index is 13.7. The van der Waals surface area contributed by atoms with Gasteiger partial charge in [0.1, 0.15) is 11.6 Å². The molecular weight excluding hydrogens is 358 g/mol. The zero-order valence-electron chi connectivity index (χ0n) is 10.1. The summed E-state index contributed by atoms with van der Waals surface area (Å²) in [5, 5.41) is 4.93. The number of sulfonamides is 1. The number of nitrogens with zero attached hydrogens (tertiary/aromatic N) is 1. The highest BCUT2D eigenvalue weighted by Gasteiger charge is 2.34. The van der Waals surface area contributed by atoms with Gasteiger partial charge >= 0.3 is 0 Å². The lowest BCUT2D eigenvalue weighted by Crippen LogP contribution is -2.28. The van der Waals surface area contributed by atoms with E-state index in [0.29, 0.717) is 6.07 Å². The van der Waals surface area contributed by atoms with Gasteiger partial charge in [-0.1, -0.05) is 0 Å². The first-order valence-corrected chi connectivity index (χ1v) is 8.13. The fraction of sp³-hybridized carbons (Fsp3) is 0.364. The fourth-order valence-corrected chi connectivity index (χ4v) is 3.39. The molecule has 0 radical (unpaired) electrons. The van der Waals surface area contributed by atoms with Crippen LogP contribution >= 0.6 is 15.9 Å². The number of nitrogens with two attached hydrogens (primary N) is 1. The number of amides is 1. The van der Waals surface area contributed by atoms with Gasteiger partial charge in [0.15, 0.2) is 0 Å². The van der Waals surface area contributed by atoms with Gasteiger partial charge in [-0.15, -0.1) is 0 Å². The van der Waals surface area contributed by atoms with Crippen molar-refractivity contribution in [1.29, 1.82) is 0 Å². The summed E-state index contributed by atoms with van der Waals surface area (Å²) in [6.07, 6.45) is -0.0368. The average Bonchev–Trinajstić information content (AvgIpc) is 2.62. The van der Waals surface area contributed by atoms with Crippen LogP contribution in [-0.2, 0) is 14.8 Å². The third kappa shape index (κ3) is 3.33. The Balaban J connectivity index is 2.26. The van der Waals surface area contributed by atoms with Gasteiger partial charge in [0.2, 0.25) is 15.9 Å². The molecule has 1 aromatic carbocycles. The standard InChI is InChI=1S/C11H11BrF2N2O3S/c12-7-2-10(9(14)3-8(7)13)16-4-6(1-11(16)17)5-20(15,18)19/h2-3,6H,1,4-5H2,(H2,15,18,19). The van der Waals surface area contributed by atoms with Gasteiger partial charge < -0.3 is 4.90 Å². The molecule has 1 fully saturated rings. The second-order valence-electron chi connectivity index (χ2n) is 4.62. The van der Waals surface area contributed by atoms with Crippen LogP contribution in [0.4, 0.5) is 14.5 Å². The summed E-state index contributed by atoms with van der Waals surface area (Å²) in [6, 6.07) is 1.82. The van der Waals surface area contributed by atoms with E-state index in [1.165, 1.54) is 0 Å². The molecule has 2 rings (SSSR count). The zero-order chi connectivity index (χ0) is 15.1. The van der Waals surface area contributed by atoms with Crippen LogP contribution in [0.3, 0.4) is 0 Å². The van der Waals surface area contributed by atoms with E-state index in [0.717, 1.165) is 11.0 Å². The van der Waals surface area contributed by atoms with Crippen molar-refractivity contribution in [3.63, 3.8) is 0 Å². The Hall–Kier alpha value is -1.06. The Bertz CT molecular complexity index is 666. The number of halogens is 3. The molecule has 1 aliphatic rings. The normalized spacial score (nSPS) is 19.7. The lowest BCUT2D eigenvalue weighted by molar-refractivity contribution is -0.117. The molecule has 0 spiro atoms. The molecular formula is C11H11BrF2N2O3S. The van der Waals surface area contributed by atoms with Crippen LogP contribution in [0.2, 0.25) is 0 Å². The third-order valence-corrected chi connectivity index (χ3v) is 4.50. The van der Waals surface area contributed by atoms with E-state index >= 15 is 0 Å². The van der Waals surface area contributed by atoms with Crippen molar-refractivity contribution in [3.8, 4) is 0 Å². The van der Waals surface area contributed by atoms with Crippen molar-refractivity contribution < 1.29 is 22.0 Å². The summed E-state index contributed by atoms with van der Waals surface area (Å²) in [4.78, 5) is 12.9. The minimum atomic E-state index is -3.70. The maximum Gasteiger partial charge on any atom is 0.227 e. The largest absolute Gasteiger partial charge is 0.309 e. The molecule has 0 saturated carbocycles. The molecule has 2 N–H and O–H groups in total. The number of anilines is 1. The molecule has 1 amide bonds. The molecule has 1 heterocycles. The number of carbonyl (C=O) groups excluding carboxylic acids is 1. The zero-order valence-corrected chi connectivity index (χ0v) is 12.5. The first-order chi connectivity index (χ1) is 9.17.